The molecule has 0 spiro atoms. The Morgan fingerprint density at radius 1 is 0.854 bits per heavy atom. The van der Waals surface area contributed by atoms with E-state index in [-0.39, 0.29) is 24.3 Å². The predicted octanol–water partition coefficient (Wildman–Crippen LogP) is 8.05. The number of amides is 1. The van der Waals surface area contributed by atoms with E-state index in [4.69, 9.17) is 11.6 Å². The van der Waals surface area contributed by atoms with Crippen molar-refractivity contribution >= 4 is 23.3 Å². The van der Waals surface area contributed by atoms with E-state index in [0.29, 0.717) is 12.1 Å². The number of benzene rings is 2. The fourth-order valence-electron chi connectivity index (χ4n) is 3.33. The highest BCUT2D eigenvalue weighted by atomic mass is 35.5. The van der Waals surface area contributed by atoms with Gasteiger partial charge in [-0.2, -0.15) is 52.7 Å². The van der Waals surface area contributed by atoms with Gasteiger partial charge in [0.2, 0.25) is 0 Å². The van der Waals surface area contributed by atoms with Crippen molar-refractivity contribution in [2.24, 2.45) is 0 Å². The van der Waals surface area contributed by atoms with E-state index in [1.165, 1.54) is 0 Å². The Labute approximate surface area is 226 Å². The largest absolute Gasteiger partial charge is 0.417 e. The van der Waals surface area contributed by atoms with Crippen LogP contribution in [0.4, 0.5) is 61.5 Å². The summed E-state index contributed by atoms with van der Waals surface area (Å²) in [6.07, 6.45) is -21.4. The van der Waals surface area contributed by atoms with Crippen molar-refractivity contribution in [1.29, 1.82) is 0 Å². The second-order valence-electron chi connectivity index (χ2n) is 8.20. The average Bonchev–Trinajstić information content (AvgIpc) is 2.80. The van der Waals surface area contributed by atoms with Gasteiger partial charge >= 0.3 is 24.7 Å². The fraction of sp³-hybridized carbons (Fsp3) is 0.348. The quantitative estimate of drug-likeness (QED) is 0.227. The predicted molar refractivity (Wildman–Crippen MR) is 117 cm³/mol. The summed E-state index contributed by atoms with van der Waals surface area (Å²) in [5.41, 5.74) is -7.67. The van der Waals surface area contributed by atoms with E-state index in [9.17, 15) is 66.3 Å². The number of hydrogen-bond donors (Lipinski definition) is 2. The lowest BCUT2D eigenvalue weighted by atomic mass is 9.94. The molecule has 0 saturated carbocycles. The molecule has 0 aliphatic rings. The second-order valence-corrected chi connectivity index (χ2v) is 8.58. The van der Waals surface area contributed by atoms with Crippen molar-refractivity contribution in [2.45, 2.75) is 30.6 Å². The van der Waals surface area contributed by atoms with Crippen molar-refractivity contribution in [2.75, 3.05) is 19.6 Å². The first-order valence-electron chi connectivity index (χ1n) is 10.8. The Bertz CT molecular complexity index is 1280. The number of carbonyl (C=O) groups excluding carboxylic acids is 1. The smallest absolute Gasteiger partial charge is 0.351 e. The number of alkyl halides is 12. The molecular formula is C23H15ClF14N2O. The van der Waals surface area contributed by atoms with Crippen LogP contribution in [-0.4, -0.2) is 37.9 Å². The van der Waals surface area contributed by atoms with Gasteiger partial charge in [0.25, 0.3) is 5.91 Å². The molecule has 2 N–H and O–H groups in total. The fourth-order valence-corrected chi connectivity index (χ4v) is 3.55. The van der Waals surface area contributed by atoms with Gasteiger partial charge in [-0.3, -0.25) is 4.79 Å². The van der Waals surface area contributed by atoms with Crippen molar-refractivity contribution < 1.29 is 66.3 Å². The van der Waals surface area contributed by atoms with Crippen LogP contribution < -0.4 is 10.6 Å². The number of nitrogens with one attached hydrogen (secondary N) is 2. The number of rotatable bonds is 8. The van der Waals surface area contributed by atoms with Crippen LogP contribution >= 0.6 is 11.6 Å². The van der Waals surface area contributed by atoms with Crippen LogP contribution in [-0.2, 0) is 12.4 Å². The summed E-state index contributed by atoms with van der Waals surface area (Å²) in [6.45, 7) is -2.55. The zero-order valence-electron chi connectivity index (χ0n) is 19.7. The molecule has 0 radical (unpaired) electrons. The molecule has 1 amide bonds. The third-order valence-electron chi connectivity index (χ3n) is 5.14. The molecule has 0 fully saturated rings. The summed E-state index contributed by atoms with van der Waals surface area (Å²) in [6, 6.07) is 0.536. The minimum atomic E-state index is -5.56. The van der Waals surface area contributed by atoms with E-state index in [0.717, 1.165) is 0 Å². The van der Waals surface area contributed by atoms with Gasteiger partial charge in [-0.1, -0.05) is 17.7 Å². The van der Waals surface area contributed by atoms with Gasteiger partial charge in [0.15, 0.2) is 0 Å². The number of carbonyl (C=O) groups is 1. The normalized spacial score (nSPS) is 14.3. The first-order chi connectivity index (χ1) is 18.5. The Morgan fingerprint density at radius 3 is 1.95 bits per heavy atom. The number of allylic oxidation sites excluding steroid dienone is 1. The summed E-state index contributed by atoms with van der Waals surface area (Å²) in [4.78, 5) is 12.2. The molecule has 18 heteroatoms. The Kier molecular flexibility index (Phi) is 10.3. The van der Waals surface area contributed by atoms with Crippen LogP contribution in [0.1, 0.15) is 38.5 Å². The van der Waals surface area contributed by atoms with Crippen LogP contribution in [0.2, 0.25) is 5.02 Å². The molecule has 0 heterocycles. The molecule has 2 aromatic rings. The lowest BCUT2D eigenvalue weighted by molar-refractivity contribution is -0.142. The second kappa shape index (κ2) is 12.4. The summed E-state index contributed by atoms with van der Waals surface area (Å²) < 4.78 is 186. The maximum absolute atomic E-state index is 14.9. The monoisotopic (exact) mass is 636 g/mol. The van der Waals surface area contributed by atoms with Crippen LogP contribution in [0.15, 0.2) is 36.4 Å². The minimum absolute atomic E-state index is 0.0440. The van der Waals surface area contributed by atoms with E-state index >= 15 is 0 Å². The molecule has 1 unspecified atom stereocenters. The highest BCUT2D eigenvalue weighted by Gasteiger charge is 2.43. The molecule has 2 rings (SSSR count). The van der Waals surface area contributed by atoms with Gasteiger partial charge in [-0.05, 0) is 35.9 Å². The Balaban J connectivity index is 2.46. The highest BCUT2D eigenvalue weighted by Crippen LogP contribution is 2.43. The highest BCUT2D eigenvalue weighted by molar-refractivity contribution is 6.31. The first kappa shape index (κ1) is 34.1. The topological polar surface area (TPSA) is 41.1 Å². The van der Waals surface area contributed by atoms with Gasteiger partial charge in [0, 0.05) is 18.7 Å². The summed E-state index contributed by atoms with van der Waals surface area (Å²) in [5.74, 6) is -8.70. The van der Waals surface area contributed by atoms with E-state index in [2.05, 4.69) is 0 Å². The maximum atomic E-state index is 14.9. The summed E-state index contributed by atoms with van der Waals surface area (Å²) in [5, 5.41) is 2.18. The van der Waals surface area contributed by atoms with Crippen molar-refractivity contribution in [3.8, 4) is 0 Å². The van der Waals surface area contributed by atoms with Crippen LogP contribution in [0.25, 0.3) is 5.83 Å². The molecule has 3 nitrogen and oxygen atoms in total. The number of halogens is 15. The third-order valence-corrected chi connectivity index (χ3v) is 5.52. The van der Waals surface area contributed by atoms with Crippen LogP contribution in [0, 0.1) is 5.82 Å². The van der Waals surface area contributed by atoms with Crippen molar-refractivity contribution in [3.63, 3.8) is 0 Å². The summed E-state index contributed by atoms with van der Waals surface area (Å²) >= 11 is 5.18. The molecule has 2 aromatic carbocycles. The van der Waals surface area contributed by atoms with E-state index in [1.54, 1.807) is 0 Å². The molecule has 0 saturated heterocycles. The standard InChI is InChI=1S/C23H15ClF14N2O/c24-18-15(23(36,37)38)6-11(7-17(18)26)13(21(30,31)32)8-16(25)10-1-2-12(14(5-10)22(33,34)35)19(41)40-4-3-39-9-20(27,28)29/h1-2,5-8,13,39H,3-4,9H2,(H,40,41)/b16-8-. The SMILES string of the molecule is O=C(NCCNCC(F)(F)F)c1ccc(/C(F)=C/C(c2cc(F)c(Cl)c(C(F)(F)F)c2)C(F)(F)F)cc1C(F)(F)F. The van der Waals surface area contributed by atoms with Gasteiger partial charge in [0.05, 0.1) is 28.3 Å². The minimum Gasteiger partial charge on any atom is -0.351 e. The Hall–Kier alpha value is -3.08. The molecule has 0 aliphatic carbocycles. The summed E-state index contributed by atoms with van der Waals surface area (Å²) in [7, 11) is 0. The molecule has 0 aliphatic heterocycles. The lowest BCUT2D eigenvalue weighted by Gasteiger charge is -2.20. The average molecular weight is 637 g/mol. The van der Waals surface area contributed by atoms with Crippen LogP contribution in [0.5, 0.6) is 0 Å². The third kappa shape index (κ3) is 9.48. The van der Waals surface area contributed by atoms with Crippen LogP contribution in [0.3, 0.4) is 0 Å². The Morgan fingerprint density at radius 2 is 1.44 bits per heavy atom. The molecule has 228 valence electrons. The van der Waals surface area contributed by atoms with E-state index < -0.39 is 101 Å². The van der Waals surface area contributed by atoms with Gasteiger partial charge < -0.3 is 10.6 Å². The molecule has 1 atom stereocenters. The van der Waals surface area contributed by atoms with Gasteiger partial charge in [-0.15, -0.1) is 0 Å². The molecule has 0 bridgehead atoms. The molecule has 41 heavy (non-hydrogen) atoms. The van der Waals surface area contributed by atoms with Crippen molar-refractivity contribution in [3.05, 3.63) is 75.1 Å². The maximum Gasteiger partial charge on any atom is 0.417 e. The van der Waals surface area contributed by atoms with Gasteiger partial charge in [-0.25, -0.2) is 8.78 Å². The van der Waals surface area contributed by atoms with E-state index in [1.807, 2.05) is 10.6 Å². The lowest BCUT2D eigenvalue weighted by Crippen LogP contribution is -2.36. The first-order valence-corrected chi connectivity index (χ1v) is 11.2. The zero-order valence-corrected chi connectivity index (χ0v) is 20.5. The van der Waals surface area contributed by atoms with Crippen molar-refractivity contribution in [1.82, 2.24) is 10.6 Å². The molecule has 0 aromatic heterocycles. The number of hydrogen-bond acceptors (Lipinski definition) is 2. The zero-order chi connectivity index (χ0) is 31.6. The van der Waals surface area contributed by atoms with Gasteiger partial charge in [0.1, 0.15) is 17.6 Å². The molecular weight excluding hydrogens is 622 g/mol.